The first-order valence-corrected chi connectivity index (χ1v) is 10.3. The summed E-state index contributed by atoms with van der Waals surface area (Å²) < 4.78 is 0. The third kappa shape index (κ3) is 4.30. The predicted octanol–water partition coefficient (Wildman–Crippen LogP) is 5.03. The number of rotatable bonds is 5. The number of para-hydroxylation sites is 1. The van der Waals surface area contributed by atoms with Crippen LogP contribution in [0, 0.1) is 0 Å². The van der Waals surface area contributed by atoms with Crippen LogP contribution in [-0.2, 0) is 6.42 Å². The van der Waals surface area contributed by atoms with Gasteiger partial charge in [-0.1, -0.05) is 49.4 Å². The molecule has 160 valence electrons. The summed E-state index contributed by atoms with van der Waals surface area (Å²) in [5.41, 5.74) is 7.26. The van der Waals surface area contributed by atoms with Crippen LogP contribution in [0.2, 0.25) is 0 Å². The molecule has 0 radical (unpaired) electrons. The lowest BCUT2D eigenvalue weighted by Crippen LogP contribution is -2.20. The number of fused-ring (bicyclic) bond motifs is 1. The van der Waals surface area contributed by atoms with Gasteiger partial charge in [-0.15, -0.1) is 0 Å². The van der Waals surface area contributed by atoms with E-state index in [1.54, 1.807) is 13.0 Å². The number of hydrogen-bond donors (Lipinski definition) is 3. The Morgan fingerprint density at radius 2 is 1.72 bits per heavy atom. The maximum absolute atomic E-state index is 13.1. The SMILES string of the molecule is CCc1ccc(-c2cc(C(=O)NN=C(C)c3cc(O)ccc3O)c3ccccc3n2)cc1. The van der Waals surface area contributed by atoms with E-state index in [0.29, 0.717) is 33.4 Å². The number of phenolic OH excluding ortho intramolecular Hbond substituents is 2. The Morgan fingerprint density at radius 1 is 0.969 bits per heavy atom. The van der Waals surface area contributed by atoms with E-state index in [-0.39, 0.29) is 11.5 Å². The number of aromatic hydroxyl groups is 2. The second kappa shape index (κ2) is 8.89. The van der Waals surface area contributed by atoms with Crippen LogP contribution in [-0.4, -0.2) is 26.8 Å². The molecular formula is C26H23N3O3. The minimum absolute atomic E-state index is 0.00228. The summed E-state index contributed by atoms with van der Waals surface area (Å²) in [7, 11) is 0. The lowest BCUT2D eigenvalue weighted by Gasteiger charge is -2.10. The highest BCUT2D eigenvalue weighted by Gasteiger charge is 2.14. The summed E-state index contributed by atoms with van der Waals surface area (Å²) in [5.74, 6) is -0.433. The average Bonchev–Trinajstić information content (AvgIpc) is 2.83. The molecular weight excluding hydrogens is 402 g/mol. The zero-order chi connectivity index (χ0) is 22.7. The monoisotopic (exact) mass is 425 g/mol. The van der Waals surface area contributed by atoms with Crippen molar-refractivity contribution in [2.45, 2.75) is 20.3 Å². The van der Waals surface area contributed by atoms with Gasteiger partial charge >= 0.3 is 0 Å². The maximum Gasteiger partial charge on any atom is 0.272 e. The molecule has 0 spiro atoms. The zero-order valence-electron chi connectivity index (χ0n) is 17.8. The number of nitrogens with zero attached hydrogens (tertiary/aromatic N) is 2. The van der Waals surface area contributed by atoms with Gasteiger partial charge in [-0.05, 0) is 49.2 Å². The quantitative estimate of drug-likeness (QED) is 0.237. The molecule has 0 fully saturated rings. The number of pyridine rings is 1. The number of hydrazone groups is 1. The molecule has 3 N–H and O–H groups in total. The van der Waals surface area contributed by atoms with E-state index in [0.717, 1.165) is 12.0 Å². The maximum atomic E-state index is 13.1. The van der Waals surface area contributed by atoms with Crippen molar-refractivity contribution < 1.29 is 15.0 Å². The van der Waals surface area contributed by atoms with Crippen LogP contribution in [0.4, 0.5) is 0 Å². The van der Waals surface area contributed by atoms with E-state index in [1.807, 2.05) is 36.4 Å². The Balaban J connectivity index is 1.70. The summed E-state index contributed by atoms with van der Waals surface area (Å²) in [6.45, 7) is 3.74. The van der Waals surface area contributed by atoms with E-state index in [9.17, 15) is 15.0 Å². The van der Waals surface area contributed by atoms with Gasteiger partial charge in [-0.25, -0.2) is 10.4 Å². The molecule has 0 saturated heterocycles. The summed E-state index contributed by atoms with van der Waals surface area (Å²) in [5, 5.41) is 24.5. The van der Waals surface area contributed by atoms with Gasteiger partial charge in [0.05, 0.1) is 22.5 Å². The fourth-order valence-corrected chi connectivity index (χ4v) is 3.49. The normalized spacial score (nSPS) is 11.5. The molecule has 3 aromatic carbocycles. The second-order valence-corrected chi connectivity index (χ2v) is 7.46. The average molecular weight is 425 g/mol. The van der Waals surface area contributed by atoms with Crippen molar-refractivity contribution >= 4 is 22.5 Å². The fourth-order valence-electron chi connectivity index (χ4n) is 3.49. The Bertz CT molecular complexity index is 1330. The van der Waals surface area contributed by atoms with E-state index < -0.39 is 5.91 Å². The lowest BCUT2D eigenvalue weighted by molar-refractivity contribution is 0.0956. The first-order chi connectivity index (χ1) is 15.5. The van der Waals surface area contributed by atoms with Crippen molar-refractivity contribution in [1.82, 2.24) is 10.4 Å². The van der Waals surface area contributed by atoms with Crippen molar-refractivity contribution in [3.05, 3.63) is 89.5 Å². The molecule has 6 heteroatoms. The number of aryl methyl sites for hydroxylation is 1. The molecule has 4 aromatic rings. The molecule has 32 heavy (non-hydrogen) atoms. The van der Waals surface area contributed by atoms with Crippen molar-refractivity contribution in [3.63, 3.8) is 0 Å². The van der Waals surface area contributed by atoms with Crippen LogP contribution in [0.25, 0.3) is 22.2 Å². The van der Waals surface area contributed by atoms with Crippen molar-refractivity contribution in [3.8, 4) is 22.8 Å². The van der Waals surface area contributed by atoms with Gasteiger partial charge in [0.15, 0.2) is 0 Å². The second-order valence-electron chi connectivity index (χ2n) is 7.46. The van der Waals surface area contributed by atoms with Gasteiger partial charge in [0.2, 0.25) is 0 Å². The van der Waals surface area contributed by atoms with Gasteiger partial charge in [0.1, 0.15) is 11.5 Å². The smallest absolute Gasteiger partial charge is 0.272 e. The van der Waals surface area contributed by atoms with E-state index in [1.165, 1.54) is 23.8 Å². The van der Waals surface area contributed by atoms with E-state index in [4.69, 9.17) is 4.98 Å². The minimum Gasteiger partial charge on any atom is -0.508 e. The van der Waals surface area contributed by atoms with Crippen LogP contribution in [0.15, 0.2) is 77.9 Å². The molecule has 1 aromatic heterocycles. The van der Waals surface area contributed by atoms with Gasteiger partial charge in [-0.2, -0.15) is 5.10 Å². The number of carbonyl (C=O) groups excluding carboxylic acids is 1. The summed E-state index contributed by atoms with van der Waals surface area (Å²) >= 11 is 0. The third-order valence-corrected chi connectivity index (χ3v) is 5.31. The molecule has 0 atom stereocenters. The van der Waals surface area contributed by atoms with Gasteiger partial charge in [-0.3, -0.25) is 4.79 Å². The van der Waals surface area contributed by atoms with E-state index >= 15 is 0 Å². The number of nitrogens with one attached hydrogen (secondary N) is 1. The number of carbonyl (C=O) groups is 1. The van der Waals surface area contributed by atoms with Gasteiger partial charge in [0.25, 0.3) is 5.91 Å². The largest absolute Gasteiger partial charge is 0.508 e. The topological polar surface area (TPSA) is 94.8 Å². The zero-order valence-corrected chi connectivity index (χ0v) is 17.8. The van der Waals surface area contributed by atoms with Crippen molar-refractivity contribution in [2.75, 3.05) is 0 Å². The molecule has 0 aliphatic rings. The van der Waals surface area contributed by atoms with Crippen LogP contribution in [0.5, 0.6) is 11.5 Å². The predicted molar refractivity (Wildman–Crippen MR) is 126 cm³/mol. The Kier molecular flexibility index (Phi) is 5.85. The molecule has 0 aliphatic carbocycles. The van der Waals surface area contributed by atoms with Crippen LogP contribution in [0.1, 0.15) is 35.3 Å². The highest BCUT2D eigenvalue weighted by molar-refractivity contribution is 6.08. The minimum atomic E-state index is -0.394. The lowest BCUT2D eigenvalue weighted by atomic mass is 10.0. The highest BCUT2D eigenvalue weighted by atomic mass is 16.3. The number of hydrogen-bond acceptors (Lipinski definition) is 5. The number of benzene rings is 3. The molecule has 4 rings (SSSR count). The summed E-state index contributed by atoms with van der Waals surface area (Å²) in [6, 6.07) is 21.5. The van der Waals surface area contributed by atoms with Gasteiger partial charge in [0, 0.05) is 16.5 Å². The number of amides is 1. The van der Waals surface area contributed by atoms with Gasteiger partial charge < -0.3 is 10.2 Å². The third-order valence-electron chi connectivity index (χ3n) is 5.31. The highest BCUT2D eigenvalue weighted by Crippen LogP contribution is 2.26. The standard InChI is InChI=1S/C26H23N3O3/c1-3-17-8-10-18(11-9-17)24-15-22(20-6-4-5-7-23(20)27-24)26(32)29-28-16(2)21-14-19(30)12-13-25(21)31/h4-15,30-31H,3H2,1-2H3,(H,29,32). The number of phenols is 2. The molecule has 0 bridgehead atoms. The first-order valence-electron chi connectivity index (χ1n) is 10.3. The Hall–Kier alpha value is -4.19. The number of aromatic nitrogens is 1. The molecule has 0 aliphatic heterocycles. The molecule has 0 unspecified atom stereocenters. The van der Waals surface area contributed by atoms with Crippen LogP contribution >= 0.6 is 0 Å². The first kappa shape index (κ1) is 21.1. The Labute approximate surface area is 185 Å². The van der Waals surface area contributed by atoms with Crippen molar-refractivity contribution in [2.24, 2.45) is 5.10 Å². The van der Waals surface area contributed by atoms with Crippen LogP contribution in [0.3, 0.4) is 0 Å². The molecule has 0 saturated carbocycles. The van der Waals surface area contributed by atoms with Crippen molar-refractivity contribution in [1.29, 1.82) is 0 Å². The van der Waals surface area contributed by atoms with E-state index in [2.05, 4.69) is 29.6 Å². The molecule has 1 heterocycles. The summed E-state index contributed by atoms with van der Waals surface area (Å²) in [6.07, 6.45) is 0.950. The summed E-state index contributed by atoms with van der Waals surface area (Å²) in [4.78, 5) is 17.8. The fraction of sp³-hybridized carbons (Fsp3) is 0.115. The van der Waals surface area contributed by atoms with Crippen LogP contribution < -0.4 is 5.43 Å². The molecule has 6 nitrogen and oxygen atoms in total. The molecule has 1 amide bonds. The Morgan fingerprint density at radius 3 is 2.47 bits per heavy atom.